The fourth-order valence-electron chi connectivity index (χ4n) is 4.17. The second kappa shape index (κ2) is 8.35. The first-order valence-corrected chi connectivity index (χ1v) is 10.1. The maximum absolute atomic E-state index is 13.0. The molecule has 1 aromatic heterocycles. The van der Waals surface area contributed by atoms with E-state index in [1.165, 1.54) is 6.42 Å². The average Bonchev–Trinajstić information content (AvgIpc) is 3.16. The third kappa shape index (κ3) is 4.14. The molecule has 1 amide bonds. The third-order valence-corrected chi connectivity index (χ3v) is 5.99. The quantitative estimate of drug-likeness (QED) is 0.804. The number of fused-ring (bicyclic) bond motifs is 1. The van der Waals surface area contributed by atoms with Crippen LogP contribution >= 0.6 is 0 Å². The van der Waals surface area contributed by atoms with E-state index in [1.807, 2.05) is 36.1 Å². The number of hydrogen-bond donors (Lipinski definition) is 0. The van der Waals surface area contributed by atoms with Crippen LogP contribution < -0.4 is 0 Å². The van der Waals surface area contributed by atoms with E-state index in [0.717, 1.165) is 75.7 Å². The van der Waals surface area contributed by atoms with E-state index >= 15 is 0 Å². The number of morpholine rings is 1. The van der Waals surface area contributed by atoms with E-state index in [1.54, 1.807) is 4.68 Å². The standard InChI is InChI=1S/C20H29N5O2/c1-16(25-19-5-3-2-4-18(19)21-22-25)20(26)24-10-7-17(8-11-24)6-9-23-12-14-27-15-13-23/h2-5,16-17H,6-15H2,1H3. The van der Waals surface area contributed by atoms with Crippen LogP contribution in [-0.4, -0.2) is 76.6 Å². The highest BCUT2D eigenvalue weighted by molar-refractivity contribution is 5.83. The van der Waals surface area contributed by atoms with Crippen molar-refractivity contribution in [2.24, 2.45) is 5.92 Å². The molecule has 7 nitrogen and oxygen atoms in total. The zero-order chi connectivity index (χ0) is 18.6. The number of nitrogens with zero attached hydrogens (tertiary/aromatic N) is 5. The number of rotatable bonds is 5. The number of para-hydroxylation sites is 1. The molecule has 4 rings (SSSR count). The topological polar surface area (TPSA) is 63.5 Å². The van der Waals surface area contributed by atoms with E-state index in [4.69, 9.17) is 4.74 Å². The van der Waals surface area contributed by atoms with Crippen molar-refractivity contribution in [1.29, 1.82) is 0 Å². The Kier molecular flexibility index (Phi) is 5.69. The molecule has 2 aliphatic heterocycles. The van der Waals surface area contributed by atoms with Gasteiger partial charge in [-0.05, 0) is 50.8 Å². The van der Waals surface area contributed by atoms with Crippen molar-refractivity contribution in [3.8, 4) is 0 Å². The lowest BCUT2D eigenvalue weighted by Crippen LogP contribution is -2.43. The van der Waals surface area contributed by atoms with Gasteiger partial charge >= 0.3 is 0 Å². The summed E-state index contributed by atoms with van der Waals surface area (Å²) in [5, 5.41) is 8.39. The van der Waals surface area contributed by atoms with Crippen LogP contribution in [0.5, 0.6) is 0 Å². The minimum Gasteiger partial charge on any atom is -0.379 e. The van der Waals surface area contributed by atoms with Crippen molar-refractivity contribution in [3.05, 3.63) is 24.3 Å². The van der Waals surface area contributed by atoms with Crippen molar-refractivity contribution in [1.82, 2.24) is 24.8 Å². The number of ether oxygens (including phenoxy) is 1. The molecule has 1 aromatic carbocycles. The third-order valence-electron chi connectivity index (χ3n) is 5.99. The number of carbonyl (C=O) groups excluding carboxylic acids is 1. The number of aromatic nitrogens is 3. The number of likely N-dealkylation sites (tertiary alicyclic amines) is 1. The molecular weight excluding hydrogens is 342 g/mol. The number of hydrogen-bond acceptors (Lipinski definition) is 5. The van der Waals surface area contributed by atoms with Crippen LogP contribution in [-0.2, 0) is 9.53 Å². The minimum atomic E-state index is -0.317. The zero-order valence-corrected chi connectivity index (χ0v) is 16.1. The van der Waals surface area contributed by atoms with Gasteiger partial charge in [0.2, 0.25) is 5.91 Å². The summed E-state index contributed by atoms with van der Waals surface area (Å²) in [6, 6.07) is 7.48. The van der Waals surface area contributed by atoms with Crippen LogP contribution in [0.4, 0.5) is 0 Å². The van der Waals surface area contributed by atoms with E-state index in [-0.39, 0.29) is 11.9 Å². The summed E-state index contributed by atoms with van der Waals surface area (Å²) in [7, 11) is 0. The zero-order valence-electron chi connectivity index (χ0n) is 16.1. The van der Waals surface area contributed by atoms with E-state index in [2.05, 4.69) is 15.2 Å². The Hall–Kier alpha value is -1.99. The summed E-state index contributed by atoms with van der Waals surface area (Å²) < 4.78 is 7.17. The van der Waals surface area contributed by atoms with Crippen LogP contribution in [0.3, 0.4) is 0 Å². The minimum absolute atomic E-state index is 0.150. The van der Waals surface area contributed by atoms with E-state index < -0.39 is 0 Å². The lowest BCUT2D eigenvalue weighted by Gasteiger charge is -2.35. The summed E-state index contributed by atoms with van der Waals surface area (Å²) in [6.45, 7) is 8.62. The van der Waals surface area contributed by atoms with Gasteiger partial charge < -0.3 is 9.64 Å². The van der Waals surface area contributed by atoms with Gasteiger partial charge in [0.15, 0.2) is 0 Å². The summed E-state index contributed by atoms with van der Waals surface area (Å²) in [4.78, 5) is 17.5. The summed E-state index contributed by atoms with van der Waals surface area (Å²) in [5.74, 6) is 0.872. The molecule has 2 saturated heterocycles. The SMILES string of the molecule is CC(C(=O)N1CCC(CCN2CCOCC2)CC1)n1nnc2ccccc21. The Bertz CT molecular complexity index is 763. The van der Waals surface area contributed by atoms with Crippen LogP contribution in [0.1, 0.15) is 32.2 Å². The van der Waals surface area contributed by atoms with Crippen LogP contribution in [0.25, 0.3) is 11.0 Å². The number of carbonyl (C=O) groups is 1. The maximum Gasteiger partial charge on any atom is 0.247 e. The fourth-order valence-corrected chi connectivity index (χ4v) is 4.17. The normalized spacial score (nSPS) is 20.9. The molecule has 0 saturated carbocycles. The van der Waals surface area contributed by atoms with E-state index in [9.17, 15) is 4.79 Å². The first-order valence-electron chi connectivity index (χ1n) is 10.1. The molecule has 0 radical (unpaired) electrons. The molecule has 2 fully saturated rings. The molecule has 2 aromatic rings. The predicted molar refractivity (Wildman–Crippen MR) is 103 cm³/mol. The number of benzene rings is 1. The Morgan fingerprint density at radius 1 is 1.19 bits per heavy atom. The Labute approximate surface area is 160 Å². The largest absolute Gasteiger partial charge is 0.379 e. The van der Waals surface area contributed by atoms with Crippen molar-refractivity contribution < 1.29 is 9.53 Å². The second-order valence-corrected chi connectivity index (χ2v) is 7.71. The molecule has 3 heterocycles. The van der Waals surface area contributed by atoms with Gasteiger partial charge in [-0.2, -0.15) is 0 Å². The van der Waals surface area contributed by atoms with Gasteiger partial charge in [0.1, 0.15) is 11.6 Å². The molecule has 0 N–H and O–H groups in total. The van der Waals surface area contributed by atoms with Crippen LogP contribution in [0.2, 0.25) is 0 Å². The molecule has 7 heteroatoms. The van der Waals surface area contributed by atoms with Crippen molar-refractivity contribution in [2.75, 3.05) is 45.9 Å². The summed E-state index contributed by atoms with van der Waals surface area (Å²) in [6.07, 6.45) is 3.42. The molecule has 1 atom stereocenters. The molecule has 0 spiro atoms. The average molecular weight is 371 g/mol. The maximum atomic E-state index is 13.0. The van der Waals surface area contributed by atoms with Gasteiger partial charge in [0, 0.05) is 26.2 Å². The molecule has 0 aliphatic carbocycles. The highest BCUT2D eigenvalue weighted by Gasteiger charge is 2.28. The summed E-state index contributed by atoms with van der Waals surface area (Å²) in [5.41, 5.74) is 1.75. The second-order valence-electron chi connectivity index (χ2n) is 7.71. The highest BCUT2D eigenvalue weighted by Crippen LogP contribution is 2.24. The van der Waals surface area contributed by atoms with Gasteiger partial charge in [-0.25, -0.2) is 4.68 Å². The Morgan fingerprint density at radius 3 is 2.70 bits per heavy atom. The monoisotopic (exact) mass is 371 g/mol. The lowest BCUT2D eigenvalue weighted by atomic mass is 9.93. The van der Waals surface area contributed by atoms with Gasteiger partial charge in [-0.15, -0.1) is 5.10 Å². The predicted octanol–water partition coefficient (Wildman–Crippen LogP) is 1.95. The van der Waals surface area contributed by atoms with Crippen LogP contribution in [0.15, 0.2) is 24.3 Å². The van der Waals surface area contributed by atoms with Crippen molar-refractivity contribution >= 4 is 16.9 Å². The van der Waals surface area contributed by atoms with Gasteiger partial charge in [0.25, 0.3) is 0 Å². The highest BCUT2D eigenvalue weighted by atomic mass is 16.5. The lowest BCUT2D eigenvalue weighted by molar-refractivity contribution is -0.136. The van der Waals surface area contributed by atoms with Crippen molar-refractivity contribution in [3.63, 3.8) is 0 Å². The molecule has 2 aliphatic rings. The fraction of sp³-hybridized carbons (Fsp3) is 0.650. The molecule has 0 bridgehead atoms. The van der Waals surface area contributed by atoms with Gasteiger partial charge in [-0.1, -0.05) is 17.3 Å². The molecule has 27 heavy (non-hydrogen) atoms. The first-order chi connectivity index (χ1) is 13.2. The first kappa shape index (κ1) is 18.4. The Morgan fingerprint density at radius 2 is 1.93 bits per heavy atom. The van der Waals surface area contributed by atoms with Crippen LogP contribution in [0, 0.1) is 5.92 Å². The van der Waals surface area contributed by atoms with E-state index in [0.29, 0.717) is 0 Å². The molecule has 1 unspecified atom stereocenters. The molecular formula is C20H29N5O2. The number of amides is 1. The van der Waals surface area contributed by atoms with Gasteiger partial charge in [-0.3, -0.25) is 9.69 Å². The molecule has 146 valence electrons. The Balaban J connectivity index is 1.29. The smallest absolute Gasteiger partial charge is 0.247 e. The van der Waals surface area contributed by atoms with Crippen molar-refractivity contribution in [2.45, 2.75) is 32.2 Å². The summed E-state index contributed by atoms with van der Waals surface area (Å²) >= 11 is 0. The number of piperidine rings is 1. The van der Waals surface area contributed by atoms with Gasteiger partial charge in [0.05, 0.1) is 18.7 Å².